The summed E-state index contributed by atoms with van der Waals surface area (Å²) >= 11 is 3.25. The second-order valence-corrected chi connectivity index (χ2v) is 4.55. The van der Waals surface area contributed by atoms with Gasteiger partial charge in [0, 0.05) is 6.54 Å². The van der Waals surface area contributed by atoms with E-state index < -0.39 is 0 Å². The summed E-state index contributed by atoms with van der Waals surface area (Å²) in [4.78, 5) is 13.9. The van der Waals surface area contributed by atoms with Crippen molar-refractivity contribution >= 4 is 21.6 Å². The lowest BCUT2D eigenvalue weighted by Gasteiger charge is -2.12. The van der Waals surface area contributed by atoms with Gasteiger partial charge in [-0.1, -0.05) is 5.92 Å². The molecule has 92 valence electrons. The van der Waals surface area contributed by atoms with Gasteiger partial charge in [-0.15, -0.1) is 6.42 Å². The highest BCUT2D eigenvalue weighted by atomic mass is 79.9. The third kappa shape index (κ3) is 3.88. The van der Waals surface area contributed by atoms with Gasteiger partial charge < -0.3 is 10.2 Å². The van der Waals surface area contributed by atoms with E-state index in [9.17, 15) is 4.79 Å². The van der Waals surface area contributed by atoms with Gasteiger partial charge in [0.05, 0.1) is 25.0 Å². The first-order valence-electron chi connectivity index (χ1n) is 5.14. The Morgan fingerprint density at radius 3 is 2.94 bits per heavy atom. The summed E-state index contributed by atoms with van der Waals surface area (Å²) in [7, 11) is 3.89. The van der Waals surface area contributed by atoms with Gasteiger partial charge >= 0.3 is 0 Å². The van der Waals surface area contributed by atoms with E-state index in [-0.39, 0.29) is 5.56 Å². The molecule has 0 atom stereocenters. The summed E-state index contributed by atoms with van der Waals surface area (Å²) in [5.74, 6) is 2.44. The summed E-state index contributed by atoms with van der Waals surface area (Å²) < 4.78 is 1.88. The molecule has 0 saturated carbocycles. The number of anilines is 1. The van der Waals surface area contributed by atoms with Crippen molar-refractivity contribution < 1.29 is 0 Å². The maximum absolute atomic E-state index is 11.9. The number of hydrogen-bond donors (Lipinski definition) is 1. The molecule has 0 aromatic carbocycles. The topological polar surface area (TPSA) is 50.2 Å². The highest BCUT2D eigenvalue weighted by Gasteiger charge is 2.08. The van der Waals surface area contributed by atoms with Crippen LogP contribution in [0.3, 0.4) is 0 Å². The van der Waals surface area contributed by atoms with E-state index in [1.807, 2.05) is 19.0 Å². The van der Waals surface area contributed by atoms with Gasteiger partial charge in [-0.3, -0.25) is 4.79 Å². The highest BCUT2D eigenvalue weighted by molar-refractivity contribution is 9.10. The average molecular weight is 299 g/mol. The minimum Gasteiger partial charge on any atom is -0.372 e. The quantitative estimate of drug-likeness (QED) is 0.810. The predicted octanol–water partition coefficient (Wildman–Crippen LogP) is 0.612. The lowest BCUT2D eigenvalue weighted by Crippen LogP contribution is -2.29. The van der Waals surface area contributed by atoms with Crippen LogP contribution in [0.15, 0.2) is 15.5 Å². The van der Waals surface area contributed by atoms with Crippen LogP contribution in [-0.2, 0) is 6.54 Å². The van der Waals surface area contributed by atoms with Crippen molar-refractivity contribution in [3.8, 4) is 12.3 Å². The summed E-state index contributed by atoms with van der Waals surface area (Å²) in [6.07, 6.45) is 6.73. The van der Waals surface area contributed by atoms with Crippen molar-refractivity contribution in [2.24, 2.45) is 0 Å². The smallest absolute Gasteiger partial charge is 0.283 e. The number of likely N-dealkylation sites (N-methyl/N-ethyl adjacent to an activating group) is 1. The predicted molar refractivity (Wildman–Crippen MR) is 72.1 cm³/mol. The zero-order valence-corrected chi connectivity index (χ0v) is 11.5. The second-order valence-electron chi connectivity index (χ2n) is 3.76. The number of terminal acetylenes is 1. The van der Waals surface area contributed by atoms with Crippen molar-refractivity contribution in [2.45, 2.75) is 6.54 Å². The monoisotopic (exact) mass is 298 g/mol. The van der Waals surface area contributed by atoms with Crippen LogP contribution in [0.5, 0.6) is 0 Å². The molecule has 0 fully saturated rings. The molecule has 0 aliphatic carbocycles. The number of nitrogens with zero attached hydrogens (tertiary/aromatic N) is 3. The number of hydrogen-bond acceptors (Lipinski definition) is 4. The Hall–Kier alpha value is -1.32. The largest absolute Gasteiger partial charge is 0.372 e. The molecule has 17 heavy (non-hydrogen) atoms. The van der Waals surface area contributed by atoms with Crippen molar-refractivity contribution in [1.82, 2.24) is 14.7 Å². The zero-order chi connectivity index (χ0) is 12.8. The first-order chi connectivity index (χ1) is 8.06. The normalized spacial score (nSPS) is 10.3. The first-order valence-corrected chi connectivity index (χ1v) is 5.93. The fourth-order valence-corrected chi connectivity index (χ4v) is 1.64. The van der Waals surface area contributed by atoms with Crippen molar-refractivity contribution in [3.05, 3.63) is 21.0 Å². The molecule has 1 rings (SSSR count). The molecule has 1 aromatic heterocycles. The Labute approximate surface area is 109 Å². The summed E-state index contributed by atoms with van der Waals surface area (Å²) in [5.41, 5.74) is 0.461. The molecule has 5 nitrogen and oxygen atoms in total. The molecule has 1 aromatic rings. The van der Waals surface area contributed by atoms with E-state index in [0.717, 1.165) is 6.54 Å². The van der Waals surface area contributed by atoms with Crippen LogP contribution in [-0.4, -0.2) is 41.9 Å². The number of halogens is 1. The van der Waals surface area contributed by atoms with Crippen molar-refractivity contribution in [1.29, 1.82) is 0 Å². The summed E-state index contributed by atoms with van der Waals surface area (Å²) in [6, 6.07) is 0. The van der Waals surface area contributed by atoms with E-state index in [0.29, 0.717) is 23.2 Å². The fraction of sp³-hybridized carbons (Fsp3) is 0.455. The third-order valence-electron chi connectivity index (χ3n) is 2.12. The molecule has 0 aliphatic rings. The van der Waals surface area contributed by atoms with Gasteiger partial charge in [0.2, 0.25) is 0 Å². The van der Waals surface area contributed by atoms with Gasteiger partial charge in [-0.2, -0.15) is 5.10 Å². The SMILES string of the molecule is C#CCNc1cnn(CCN(C)C)c(=O)c1Br. The number of rotatable bonds is 5. The minimum atomic E-state index is -0.158. The van der Waals surface area contributed by atoms with Gasteiger partial charge in [0.15, 0.2) is 0 Å². The first kappa shape index (κ1) is 13.7. The maximum atomic E-state index is 11.9. The fourth-order valence-electron chi connectivity index (χ4n) is 1.19. The molecular formula is C11H15BrN4O. The molecular weight excluding hydrogens is 284 g/mol. The van der Waals surface area contributed by atoms with E-state index >= 15 is 0 Å². The maximum Gasteiger partial charge on any atom is 0.283 e. The van der Waals surface area contributed by atoms with Gasteiger partial charge in [-0.05, 0) is 30.0 Å². The summed E-state index contributed by atoms with van der Waals surface area (Å²) in [6.45, 7) is 1.68. The Morgan fingerprint density at radius 1 is 1.65 bits per heavy atom. The van der Waals surface area contributed by atoms with E-state index in [4.69, 9.17) is 6.42 Å². The van der Waals surface area contributed by atoms with Gasteiger partial charge in [0.1, 0.15) is 4.47 Å². The molecule has 0 aliphatic heterocycles. The third-order valence-corrected chi connectivity index (χ3v) is 2.89. The van der Waals surface area contributed by atoms with Crippen LogP contribution < -0.4 is 10.9 Å². The van der Waals surface area contributed by atoms with Crippen LogP contribution in [0.1, 0.15) is 0 Å². The molecule has 0 saturated heterocycles. The van der Waals surface area contributed by atoms with E-state index in [1.165, 1.54) is 4.68 Å². The lowest BCUT2D eigenvalue weighted by atomic mass is 10.4. The van der Waals surface area contributed by atoms with E-state index in [2.05, 4.69) is 32.3 Å². The molecule has 0 spiro atoms. The molecule has 1 heterocycles. The Bertz CT molecular complexity index is 475. The Balaban J connectivity index is 2.87. The summed E-state index contributed by atoms with van der Waals surface area (Å²) in [5, 5.41) is 7.01. The van der Waals surface area contributed by atoms with Crippen LogP contribution in [0.2, 0.25) is 0 Å². The van der Waals surface area contributed by atoms with Crippen molar-refractivity contribution in [2.75, 3.05) is 32.5 Å². The number of nitrogens with one attached hydrogen (secondary N) is 1. The van der Waals surface area contributed by atoms with Crippen LogP contribution in [0.4, 0.5) is 5.69 Å². The molecule has 1 N–H and O–H groups in total. The van der Waals surface area contributed by atoms with Gasteiger partial charge in [0.25, 0.3) is 5.56 Å². The van der Waals surface area contributed by atoms with Crippen LogP contribution in [0.25, 0.3) is 0 Å². The molecule has 0 amide bonds. The van der Waals surface area contributed by atoms with E-state index in [1.54, 1.807) is 6.20 Å². The zero-order valence-electron chi connectivity index (χ0n) is 9.90. The standard InChI is InChI=1S/C11H15BrN4O/c1-4-5-13-9-8-14-16(7-6-15(2)3)11(17)10(9)12/h1,8,13H,5-7H2,2-3H3. The highest BCUT2D eigenvalue weighted by Crippen LogP contribution is 2.15. The lowest BCUT2D eigenvalue weighted by molar-refractivity contribution is 0.367. The molecule has 6 heteroatoms. The Kier molecular flexibility index (Phi) is 5.19. The molecule has 0 radical (unpaired) electrons. The molecule has 0 unspecified atom stereocenters. The van der Waals surface area contributed by atoms with Crippen molar-refractivity contribution in [3.63, 3.8) is 0 Å². The average Bonchev–Trinajstić information content (AvgIpc) is 2.29. The Morgan fingerprint density at radius 2 is 2.35 bits per heavy atom. The van der Waals surface area contributed by atoms with Gasteiger partial charge in [-0.25, -0.2) is 4.68 Å². The number of aromatic nitrogens is 2. The molecule has 0 bridgehead atoms. The van der Waals surface area contributed by atoms with Crippen LogP contribution >= 0.6 is 15.9 Å². The van der Waals surface area contributed by atoms with Crippen LogP contribution in [0, 0.1) is 12.3 Å². The second kappa shape index (κ2) is 6.42. The minimum absolute atomic E-state index is 0.158.